The molecule has 0 bridgehead atoms. The number of nitrogens with one attached hydrogen (secondary N) is 1. The Morgan fingerprint density at radius 3 is 2.50 bits per heavy atom. The molecule has 0 amide bonds. The number of halogens is 2. The summed E-state index contributed by atoms with van der Waals surface area (Å²) in [7, 11) is 0. The lowest BCUT2D eigenvalue weighted by atomic mass is 10.1. The molecule has 1 aromatic heterocycles. The predicted molar refractivity (Wildman–Crippen MR) is 75.4 cm³/mol. The van der Waals surface area contributed by atoms with Crippen molar-refractivity contribution in [3.05, 3.63) is 63.9 Å². The highest BCUT2D eigenvalue weighted by molar-refractivity contribution is 6.42. The van der Waals surface area contributed by atoms with Crippen LogP contribution in [0.25, 0.3) is 11.0 Å². The molecular weight excluding hydrogens is 267 g/mol. The van der Waals surface area contributed by atoms with E-state index in [0.717, 1.165) is 23.3 Å². The number of aromatic nitrogens is 2. The summed E-state index contributed by atoms with van der Waals surface area (Å²) in [6.45, 7) is 0. The van der Waals surface area contributed by atoms with Crippen LogP contribution in [0.5, 0.6) is 0 Å². The Hall–Kier alpha value is -1.51. The zero-order chi connectivity index (χ0) is 12.5. The molecule has 0 saturated carbocycles. The third kappa shape index (κ3) is 2.22. The summed E-state index contributed by atoms with van der Waals surface area (Å²) >= 11 is 11.9. The van der Waals surface area contributed by atoms with Crippen LogP contribution in [0, 0.1) is 0 Å². The second-order valence-electron chi connectivity index (χ2n) is 4.13. The largest absolute Gasteiger partial charge is 0.342 e. The number of imidazole rings is 1. The zero-order valence-corrected chi connectivity index (χ0v) is 11.0. The van der Waals surface area contributed by atoms with Gasteiger partial charge < -0.3 is 4.98 Å². The van der Waals surface area contributed by atoms with Crippen molar-refractivity contribution in [3.8, 4) is 0 Å². The minimum Gasteiger partial charge on any atom is -0.342 e. The van der Waals surface area contributed by atoms with Gasteiger partial charge in [0.05, 0.1) is 21.1 Å². The molecule has 2 nitrogen and oxygen atoms in total. The molecule has 2 aromatic carbocycles. The van der Waals surface area contributed by atoms with E-state index in [1.54, 1.807) is 12.1 Å². The van der Waals surface area contributed by atoms with Crippen molar-refractivity contribution >= 4 is 34.2 Å². The summed E-state index contributed by atoms with van der Waals surface area (Å²) in [5.41, 5.74) is 2.97. The number of hydrogen-bond acceptors (Lipinski definition) is 1. The van der Waals surface area contributed by atoms with E-state index in [0.29, 0.717) is 10.0 Å². The molecule has 0 saturated heterocycles. The Morgan fingerprint density at radius 1 is 1.00 bits per heavy atom. The van der Waals surface area contributed by atoms with Gasteiger partial charge in [-0.2, -0.15) is 0 Å². The monoisotopic (exact) mass is 276 g/mol. The quantitative estimate of drug-likeness (QED) is 0.736. The number of H-pyrrole nitrogens is 1. The fourth-order valence-corrected chi connectivity index (χ4v) is 2.25. The maximum Gasteiger partial charge on any atom is 0.111 e. The van der Waals surface area contributed by atoms with E-state index in [9.17, 15) is 0 Å². The fraction of sp³-hybridized carbons (Fsp3) is 0.0714. The Bertz CT molecular complexity index is 651. The van der Waals surface area contributed by atoms with E-state index in [4.69, 9.17) is 23.2 Å². The predicted octanol–water partition coefficient (Wildman–Crippen LogP) is 4.46. The van der Waals surface area contributed by atoms with Crippen LogP contribution < -0.4 is 0 Å². The van der Waals surface area contributed by atoms with Crippen LogP contribution in [0.3, 0.4) is 0 Å². The molecule has 1 heterocycles. The van der Waals surface area contributed by atoms with Crippen molar-refractivity contribution in [2.24, 2.45) is 0 Å². The fourth-order valence-electron chi connectivity index (χ4n) is 1.93. The molecule has 0 aliphatic rings. The molecule has 0 unspecified atom stereocenters. The number of fused-ring (bicyclic) bond motifs is 1. The van der Waals surface area contributed by atoms with Gasteiger partial charge >= 0.3 is 0 Å². The van der Waals surface area contributed by atoms with Gasteiger partial charge in [-0.3, -0.25) is 0 Å². The first kappa shape index (κ1) is 11.6. The van der Waals surface area contributed by atoms with Gasteiger partial charge in [-0.25, -0.2) is 4.98 Å². The molecule has 18 heavy (non-hydrogen) atoms. The third-order valence-corrected chi connectivity index (χ3v) is 3.51. The minimum atomic E-state index is 0.530. The number of nitrogens with zero attached hydrogens (tertiary/aromatic N) is 1. The lowest BCUT2D eigenvalue weighted by Crippen LogP contribution is -1.89. The Morgan fingerprint density at radius 2 is 1.72 bits per heavy atom. The van der Waals surface area contributed by atoms with Crippen molar-refractivity contribution in [2.75, 3.05) is 0 Å². The Kier molecular flexibility index (Phi) is 2.98. The second kappa shape index (κ2) is 4.63. The lowest BCUT2D eigenvalue weighted by Gasteiger charge is -1.96. The molecule has 0 radical (unpaired) electrons. The number of benzene rings is 2. The average Bonchev–Trinajstić information content (AvgIpc) is 2.72. The van der Waals surface area contributed by atoms with Crippen molar-refractivity contribution < 1.29 is 0 Å². The normalized spacial score (nSPS) is 11.0. The SMILES string of the molecule is Clc1cc2nc(Cc3ccccc3)[nH]c2cc1Cl. The first-order valence-corrected chi connectivity index (χ1v) is 6.35. The first-order chi connectivity index (χ1) is 8.72. The van der Waals surface area contributed by atoms with Crippen LogP contribution in [0.15, 0.2) is 42.5 Å². The molecule has 1 N–H and O–H groups in total. The molecule has 4 heteroatoms. The van der Waals surface area contributed by atoms with E-state index >= 15 is 0 Å². The molecule has 3 aromatic rings. The molecule has 0 aliphatic carbocycles. The van der Waals surface area contributed by atoms with Gasteiger partial charge in [0.15, 0.2) is 0 Å². The lowest BCUT2D eigenvalue weighted by molar-refractivity contribution is 1.04. The third-order valence-electron chi connectivity index (χ3n) is 2.79. The smallest absolute Gasteiger partial charge is 0.111 e. The highest BCUT2D eigenvalue weighted by atomic mass is 35.5. The highest BCUT2D eigenvalue weighted by Crippen LogP contribution is 2.26. The molecule has 0 spiro atoms. The summed E-state index contributed by atoms with van der Waals surface area (Å²) in [5.74, 6) is 0.912. The summed E-state index contributed by atoms with van der Waals surface area (Å²) in [6.07, 6.45) is 0.769. The topological polar surface area (TPSA) is 28.7 Å². The zero-order valence-electron chi connectivity index (χ0n) is 9.45. The summed E-state index contributed by atoms with van der Waals surface area (Å²) < 4.78 is 0. The van der Waals surface area contributed by atoms with E-state index < -0.39 is 0 Å². The van der Waals surface area contributed by atoms with Gasteiger partial charge in [0.25, 0.3) is 0 Å². The molecule has 0 fully saturated rings. The van der Waals surface area contributed by atoms with E-state index in [1.807, 2.05) is 18.2 Å². The molecule has 0 aliphatic heterocycles. The number of aromatic amines is 1. The van der Waals surface area contributed by atoms with Gasteiger partial charge in [-0.15, -0.1) is 0 Å². The van der Waals surface area contributed by atoms with E-state index in [1.165, 1.54) is 5.56 Å². The van der Waals surface area contributed by atoms with Crippen LogP contribution in [0.1, 0.15) is 11.4 Å². The van der Waals surface area contributed by atoms with Gasteiger partial charge in [-0.1, -0.05) is 53.5 Å². The number of rotatable bonds is 2. The highest BCUT2D eigenvalue weighted by Gasteiger charge is 2.07. The van der Waals surface area contributed by atoms with E-state index in [-0.39, 0.29) is 0 Å². The van der Waals surface area contributed by atoms with Crippen LogP contribution in [0.4, 0.5) is 0 Å². The molecular formula is C14H10Cl2N2. The van der Waals surface area contributed by atoms with Crippen molar-refractivity contribution in [3.63, 3.8) is 0 Å². The van der Waals surface area contributed by atoms with Crippen LogP contribution in [-0.4, -0.2) is 9.97 Å². The van der Waals surface area contributed by atoms with Crippen LogP contribution >= 0.6 is 23.2 Å². The molecule has 90 valence electrons. The van der Waals surface area contributed by atoms with Gasteiger partial charge in [-0.05, 0) is 17.7 Å². The summed E-state index contributed by atoms with van der Waals surface area (Å²) in [4.78, 5) is 7.77. The Labute approximate surface area is 115 Å². The Balaban J connectivity index is 1.99. The van der Waals surface area contributed by atoms with Crippen molar-refractivity contribution in [2.45, 2.75) is 6.42 Å². The maximum absolute atomic E-state index is 5.98. The van der Waals surface area contributed by atoms with Crippen LogP contribution in [-0.2, 0) is 6.42 Å². The van der Waals surface area contributed by atoms with Crippen molar-refractivity contribution in [1.29, 1.82) is 0 Å². The van der Waals surface area contributed by atoms with Crippen molar-refractivity contribution in [1.82, 2.24) is 9.97 Å². The number of hydrogen-bond donors (Lipinski definition) is 1. The van der Waals surface area contributed by atoms with E-state index in [2.05, 4.69) is 22.1 Å². The maximum atomic E-state index is 5.98. The van der Waals surface area contributed by atoms with Gasteiger partial charge in [0.1, 0.15) is 5.82 Å². The minimum absolute atomic E-state index is 0.530. The van der Waals surface area contributed by atoms with Gasteiger partial charge in [0, 0.05) is 6.42 Å². The van der Waals surface area contributed by atoms with Gasteiger partial charge in [0.2, 0.25) is 0 Å². The second-order valence-corrected chi connectivity index (χ2v) is 4.94. The molecule has 0 atom stereocenters. The van der Waals surface area contributed by atoms with Crippen LogP contribution in [0.2, 0.25) is 10.0 Å². The first-order valence-electron chi connectivity index (χ1n) is 5.60. The molecule has 3 rings (SSSR count). The summed E-state index contributed by atoms with van der Waals surface area (Å²) in [6, 6.07) is 13.8. The average molecular weight is 277 g/mol. The summed E-state index contributed by atoms with van der Waals surface area (Å²) in [5, 5.41) is 1.07. The standard InChI is InChI=1S/C14H10Cl2N2/c15-10-7-12-13(8-11(10)16)18-14(17-12)6-9-4-2-1-3-5-9/h1-5,7-8H,6H2,(H,17,18).